The summed E-state index contributed by atoms with van der Waals surface area (Å²) >= 11 is 0. The van der Waals surface area contributed by atoms with Crippen molar-refractivity contribution >= 4 is 11.8 Å². The van der Waals surface area contributed by atoms with Crippen molar-refractivity contribution in [2.75, 3.05) is 13.1 Å². The molecule has 0 saturated carbocycles. The second kappa shape index (κ2) is 7.45. The zero-order valence-electron chi connectivity index (χ0n) is 10.5. The van der Waals surface area contributed by atoms with Crippen LogP contribution >= 0.6 is 0 Å². The van der Waals surface area contributed by atoms with Gasteiger partial charge in [0, 0.05) is 13.1 Å². The molecule has 1 unspecified atom stereocenters. The Morgan fingerprint density at radius 1 is 1.22 bits per heavy atom. The van der Waals surface area contributed by atoms with Gasteiger partial charge in [-0.15, -0.1) is 0 Å². The van der Waals surface area contributed by atoms with Crippen LogP contribution in [0.3, 0.4) is 0 Å². The van der Waals surface area contributed by atoms with E-state index in [1.54, 1.807) is 0 Å². The first kappa shape index (κ1) is 14.2. The van der Waals surface area contributed by atoms with Crippen molar-refractivity contribution < 1.29 is 9.59 Å². The molecule has 0 bridgehead atoms. The second-order valence-electron chi connectivity index (χ2n) is 3.89. The van der Waals surface area contributed by atoms with E-state index in [2.05, 4.69) is 10.6 Å². The van der Waals surface area contributed by atoms with Crippen LogP contribution in [0.5, 0.6) is 0 Å². The van der Waals surface area contributed by atoms with E-state index in [1.807, 2.05) is 37.3 Å². The third-order valence-corrected chi connectivity index (χ3v) is 2.55. The summed E-state index contributed by atoms with van der Waals surface area (Å²) in [5.41, 5.74) is 6.24. The molecule has 0 aromatic heterocycles. The van der Waals surface area contributed by atoms with Gasteiger partial charge in [-0.3, -0.25) is 9.59 Å². The van der Waals surface area contributed by atoms with E-state index < -0.39 is 11.8 Å². The molecule has 0 saturated heterocycles. The van der Waals surface area contributed by atoms with Gasteiger partial charge in [-0.2, -0.15) is 0 Å². The van der Waals surface area contributed by atoms with E-state index in [0.717, 1.165) is 12.0 Å². The van der Waals surface area contributed by atoms with Crippen molar-refractivity contribution in [3.63, 3.8) is 0 Å². The summed E-state index contributed by atoms with van der Waals surface area (Å²) < 4.78 is 0. The molecule has 0 fully saturated rings. The van der Waals surface area contributed by atoms with Gasteiger partial charge in [-0.05, 0) is 12.0 Å². The molecule has 0 aliphatic heterocycles. The fraction of sp³-hybridized carbons (Fsp3) is 0.385. The van der Waals surface area contributed by atoms with Gasteiger partial charge in [0.2, 0.25) is 0 Å². The van der Waals surface area contributed by atoms with Gasteiger partial charge in [0.15, 0.2) is 0 Å². The first-order valence-electron chi connectivity index (χ1n) is 6.02. The van der Waals surface area contributed by atoms with Gasteiger partial charge in [-0.1, -0.05) is 37.3 Å². The predicted octanol–water partition coefficient (Wildman–Crippen LogP) is 0.329. The maximum Gasteiger partial charge on any atom is 0.309 e. The molecular formula is C13H19N3O2. The van der Waals surface area contributed by atoms with Crippen molar-refractivity contribution in [1.82, 2.24) is 10.6 Å². The molecule has 18 heavy (non-hydrogen) atoms. The highest BCUT2D eigenvalue weighted by molar-refractivity contribution is 6.35. The minimum absolute atomic E-state index is 0.151. The summed E-state index contributed by atoms with van der Waals surface area (Å²) in [5, 5.41) is 5.14. The van der Waals surface area contributed by atoms with Gasteiger partial charge < -0.3 is 16.4 Å². The van der Waals surface area contributed by atoms with Crippen molar-refractivity contribution in [2.24, 2.45) is 5.73 Å². The molecule has 1 rings (SSSR count). The molecule has 0 aliphatic rings. The van der Waals surface area contributed by atoms with E-state index in [9.17, 15) is 9.59 Å². The Morgan fingerprint density at radius 2 is 1.89 bits per heavy atom. The van der Waals surface area contributed by atoms with Crippen molar-refractivity contribution in [2.45, 2.75) is 19.4 Å². The summed E-state index contributed by atoms with van der Waals surface area (Å²) in [5.74, 6) is -1.27. The fourth-order valence-electron chi connectivity index (χ4n) is 1.60. The summed E-state index contributed by atoms with van der Waals surface area (Å²) in [6, 6.07) is 9.41. The standard InChI is InChI=1S/C13H19N3O2/c1-2-11(10-6-4-3-5-7-10)16-13(18)12(17)15-9-8-14/h3-7,11H,2,8-9,14H2,1H3,(H,15,17)(H,16,18). The zero-order valence-corrected chi connectivity index (χ0v) is 10.5. The van der Waals surface area contributed by atoms with E-state index in [0.29, 0.717) is 13.1 Å². The Kier molecular flexibility index (Phi) is 5.87. The SMILES string of the molecule is CCC(NC(=O)C(=O)NCCN)c1ccccc1. The van der Waals surface area contributed by atoms with E-state index >= 15 is 0 Å². The maximum absolute atomic E-state index is 11.6. The number of benzene rings is 1. The molecule has 0 heterocycles. The molecule has 5 nitrogen and oxygen atoms in total. The monoisotopic (exact) mass is 249 g/mol. The van der Waals surface area contributed by atoms with Crippen molar-refractivity contribution in [3.05, 3.63) is 35.9 Å². The van der Waals surface area contributed by atoms with Crippen molar-refractivity contribution in [1.29, 1.82) is 0 Å². The molecule has 0 aliphatic carbocycles. The minimum Gasteiger partial charge on any atom is -0.347 e. The maximum atomic E-state index is 11.6. The van der Waals surface area contributed by atoms with Crippen LogP contribution in [0.15, 0.2) is 30.3 Å². The highest BCUT2D eigenvalue weighted by Crippen LogP contribution is 2.15. The molecule has 5 heteroatoms. The number of carbonyl (C=O) groups excluding carboxylic acids is 2. The van der Waals surface area contributed by atoms with Gasteiger partial charge in [-0.25, -0.2) is 0 Å². The van der Waals surface area contributed by atoms with Gasteiger partial charge >= 0.3 is 11.8 Å². The van der Waals surface area contributed by atoms with Crippen LogP contribution in [0.4, 0.5) is 0 Å². The average Bonchev–Trinajstić information content (AvgIpc) is 2.42. The van der Waals surface area contributed by atoms with Gasteiger partial charge in [0.05, 0.1) is 6.04 Å². The highest BCUT2D eigenvalue weighted by atomic mass is 16.2. The van der Waals surface area contributed by atoms with Crippen LogP contribution in [0.25, 0.3) is 0 Å². The number of nitrogens with two attached hydrogens (primary N) is 1. The van der Waals surface area contributed by atoms with E-state index in [1.165, 1.54) is 0 Å². The van der Waals surface area contributed by atoms with Crippen LogP contribution in [-0.4, -0.2) is 24.9 Å². The minimum atomic E-state index is -0.644. The normalized spacial score (nSPS) is 11.7. The lowest BCUT2D eigenvalue weighted by molar-refractivity contribution is -0.139. The van der Waals surface area contributed by atoms with Crippen LogP contribution in [0, 0.1) is 0 Å². The lowest BCUT2D eigenvalue weighted by Crippen LogP contribution is -2.42. The van der Waals surface area contributed by atoms with Gasteiger partial charge in [0.25, 0.3) is 0 Å². The topological polar surface area (TPSA) is 84.2 Å². The Hall–Kier alpha value is -1.88. The predicted molar refractivity (Wildman–Crippen MR) is 69.7 cm³/mol. The Labute approximate surface area is 107 Å². The van der Waals surface area contributed by atoms with E-state index in [-0.39, 0.29) is 6.04 Å². The molecule has 0 spiro atoms. The molecule has 4 N–H and O–H groups in total. The number of hydrogen-bond acceptors (Lipinski definition) is 3. The molecule has 1 aromatic carbocycles. The highest BCUT2D eigenvalue weighted by Gasteiger charge is 2.17. The third kappa shape index (κ3) is 4.18. The Bertz CT molecular complexity index is 392. The Morgan fingerprint density at radius 3 is 2.44 bits per heavy atom. The number of rotatable bonds is 5. The van der Waals surface area contributed by atoms with Crippen LogP contribution in [0.2, 0.25) is 0 Å². The van der Waals surface area contributed by atoms with Crippen LogP contribution < -0.4 is 16.4 Å². The number of nitrogens with one attached hydrogen (secondary N) is 2. The van der Waals surface area contributed by atoms with Gasteiger partial charge in [0.1, 0.15) is 0 Å². The molecule has 1 atom stereocenters. The third-order valence-electron chi connectivity index (χ3n) is 2.55. The summed E-state index contributed by atoms with van der Waals surface area (Å²) in [4.78, 5) is 23.0. The number of carbonyl (C=O) groups is 2. The molecule has 2 amide bonds. The summed E-state index contributed by atoms with van der Waals surface area (Å²) in [6.45, 7) is 2.57. The average molecular weight is 249 g/mol. The van der Waals surface area contributed by atoms with Crippen LogP contribution in [0.1, 0.15) is 24.9 Å². The quantitative estimate of drug-likeness (QED) is 0.657. The van der Waals surface area contributed by atoms with E-state index in [4.69, 9.17) is 5.73 Å². The zero-order chi connectivity index (χ0) is 13.4. The molecule has 98 valence electrons. The lowest BCUT2D eigenvalue weighted by atomic mass is 10.0. The van der Waals surface area contributed by atoms with Crippen LogP contribution in [-0.2, 0) is 9.59 Å². The first-order chi connectivity index (χ1) is 8.69. The molecule has 0 radical (unpaired) electrons. The Balaban J connectivity index is 2.58. The summed E-state index contributed by atoms with van der Waals surface area (Å²) in [6.07, 6.45) is 0.722. The molecule has 1 aromatic rings. The fourth-order valence-corrected chi connectivity index (χ4v) is 1.60. The number of hydrogen-bond donors (Lipinski definition) is 3. The first-order valence-corrected chi connectivity index (χ1v) is 6.02. The second-order valence-corrected chi connectivity index (χ2v) is 3.89. The van der Waals surface area contributed by atoms with Crippen molar-refractivity contribution in [3.8, 4) is 0 Å². The number of amides is 2. The largest absolute Gasteiger partial charge is 0.347 e. The smallest absolute Gasteiger partial charge is 0.309 e. The molecular weight excluding hydrogens is 230 g/mol. The lowest BCUT2D eigenvalue weighted by Gasteiger charge is -2.16. The summed E-state index contributed by atoms with van der Waals surface area (Å²) in [7, 11) is 0.